The lowest BCUT2D eigenvalue weighted by Crippen LogP contribution is -2.12. The SMILES string of the molecule is CC(C)Oc1cncc(C(N)c2ccc(Br)o2)c1. The molecule has 0 amide bonds. The minimum absolute atomic E-state index is 0.107. The first kappa shape index (κ1) is 13.1. The van der Waals surface area contributed by atoms with Gasteiger partial charge in [-0.15, -0.1) is 0 Å². The Morgan fingerprint density at radius 3 is 2.72 bits per heavy atom. The lowest BCUT2D eigenvalue weighted by Gasteiger charge is -2.13. The van der Waals surface area contributed by atoms with Gasteiger partial charge in [-0.1, -0.05) is 0 Å². The number of pyridine rings is 1. The third-order valence-corrected chi connectivity index (χ3v) is 2.79. The summed E-state index contributed by atoms with van der Waals surface area (Å²) in [6.45, 7) is 3.94. The number of nitrogens with two attached hydrogens (primary N) is 1. The Balaban J connectivity index is 2.22. The van der Waals surface area contributed by atoms with Gasteiger partial charge in [0.2, 0.25) is 0 Å². The van der Waals surface area contributed by atoms with Gasteiger partial charge < -0.3 is 14.9 Å². The average Bonchev–Trinajstić information content (AvgIpc) is 2.74. The summed E-state index contributed by atoms with van der Waals surface area (Å²) in [6, 6.07) is 5.19. The molecule has 2 aromatic rings. The molecule has 2 aromatic heterocycles. The van der Waals surface area contributed by atoms with Crippen molar-refractivity contribution >= 4 is 15.9 Å². The van der Waals surface area contributed by atoms with Gasteiger partial charge in [0.05, 0.1) is 18.3 Å². The molecule has 96 valence electrons. The Bertz CT molecular complexity index is 525. The van der Waals surface area contributed by atoms with Crippen molar-refractivity contribution in [1.82, 2.24) is 4.98 Å². The van der Waals surface area contributed by atoms with Crippen molar-refractivity contribution in [2.45, 2.75) is 26.0 Å². The minimum atomic E-state index is -0.348. The number of halogens is 1. The van der Waals surface area contributed by atoms with Crippen LogP contribution < -0.4 is 10.5 Å². The fraction of sp³-hybridized carbons (Fsp3) is 0.308. The highest BCUT2D eigenvalue weighted by Gasteiger charge is 2.14. The molecule has 4 nitrogen and oxygen atoms in total. The van der Waals surface area contributed by atoms with Gasteiger partial charge in [-0.3, -0.25) is 4.98 Å². The highest BCUT2D eigenvalue weighted by molar-refractivity contribution is 9.10. The molecule has 0 radical (unpaired) electrons. The van der Waals surface area contributed by atoms with Gasteiger partial charge in [0, 0.05) is 6.20 Å². The molecule has 2 heterocycles. The van der Waals surface area contributed by atoms with Gasteiger partial charge in [-0.25, -0.2) is 0 Å². The molecule has 0 bridgehead atoms. The Hall–Kier alpha value is -1.33. The summed E-state index contributed by atoms with van der Waals surface area (Å²) in [6.07, 6.45) is 3.50. The normalized spacial score (nSPS) is 12.7. The van der Waals surface area contributed by atoms with Crippen LogP contribution in [0.4, 0.5) is 0 Å². The second-order valence-corrected chi connectivity index (χ2v) is 5.02. The van der Waals surface area contributed by atoms with Crippen LogP contribution in [0.2, 0.25) is 0 Å². The molecular formula is C13H15BrN2O2. The highest BCUT2D eigenvalue weighted by Crippen LogP contribution is 2.25. The molecule has 0 aliphatic carbocycles. The van der Waals surface area contributed by atoms with Crippen LogP contribution in [0.15, 0.2) is 39.7 Å². The zero-order valence-corrected chi connectivity index (χ0v) is 11.8. The summed E-state index contributed by atoms with van der Waals surface area (Å²) < 4.78 is 11.7. The second-order valence-electron chi connectivity index (χ2n) is 4.24. The zero-order chi connectivity index (χ0) is 13.1. The summed E-state index contributed by atoms with van der Waals surface area (Å²) >= 11 is 3.26. The highest BCUT2D eigenvalue weighted by atomic mass is 79.9. The van der Waals surface area contributed by atoms with Gasteiger partial charge in [-0.2, -0.15) is 0 Å². The van der Waals surface area contributed by atoms with Crippen molar-refractivity contribution in [2.75, 3.05) is 0 Å². The van der Waals surface area contributed by atoms with Crippen LogP contribution in [0.1, 0.15) is 31.2 Å². The number of nitrogens with zero attached hydrogens (tertiary/aromatic N) is 1. The van der Waals surface area contributed by atoms with Gasteiger partial charge >= 0.3 is 0 Å². The maximum absolute atomic E-state index is 6.12. The Kier molecular flexibility index (Phi) is 4.04. The molecule has 0 saturated heterocycles. The van der Waals surface area contributed by atoms with E-state index in [0.717, 1.165) is 5.56 Å². The minimum Gasteiger partial charge on any atom is -0.489 e. The molecule has 18 heavy (non-hydrogen) atoms. The second kappa shape index (κ2) is 5.54. The average molecular weight is 311 g/mol. The van der Waals surface area contributed by atoms with Gasteiger partial charge in [0.25, 0.3) is 0 Å². The fourth-order valence-electron chi connectivity index (χ4n) is 1.60. The van der Waals surface area contributed by atoms with E-state index in [9.17, 15) is 0 Å². The van der Waals surface area contributed by atoms with Crippen LogP contribution in [-0.2, 0) is 0 Å². The quantitative estimate of drug-likeness (QED) is 0.941. The van der Waals surface area contributed by atoms with E-state index in [2.05, 4.69) is 20.9 Å². The van der Waals surface area contributed by atoms with E-state index in [1.165, 1.54) is 0 Å². The summed E-state index contributed by atoms with van der Waals surface area (Å²) in [5.41, 5.74) is 6.98. The number of ether oxygens (including phenoxy) is 1. The van der Waals surface area contributed by atoms with Crippen molar-refractivity contribution in [3.8, 4) is 5.75 Å². The van der Waals surface area contributed by atoms with Crippen LogP contribution in [0.3, 0.4) is 0 Å². The third kappa shape index (κ3) is 3.11. The smallest absolute Gasteiger partial charge is 0.169 e. The molecule has 0 fully saturated rings. The van der Waals surface area contributed by atoms with Gasteiger partial charge in [0.15, 0.2) is 4.67 Å². The van der Waals surface area contributed by atoms with Crippen molar-refractivity contribution in [1.29, 1.82) is 0 Å². The lowest BCUT2D eigenvalue weighted by atomic mass is 10.1. The molecule has 0 saturated carbocycles. The van der Waals surface area contributed by atoms with E-state index in [1.807, 2.05) is 32.0 Å². The molecule has 1 unspecified atom stereocenters. The van der Waals surface area contributed by atoms with Gasteiger partial charge in [-0.05, 0) is 53.5 Å². The number of hydrogen-bond acceptors (Lipinski definition) is 4. The largest absolute Gasteiger partial charge is 0.489 e. The van der Waals surface area contributed by atoms with Crippen LogP contribution >= 0.6 is 15.9 Å². The summed E-state index contributed by atoms with van der Waals surface area (Å²) in [4.78, 5) is 4.13. The van der Waals surface area contributed by atoms with Crippen molar-refractivity contribution in [3.63, 3.8) is 0 Å². The Morgan fingerprint density at radius 1 is 1.33 bits per heavy atom. The van der Waals surface area contributed by atoms with Crippen molar-refractivity contribution < 1.29 is 9.15 Å². The van der Waals surface area contributed by atoms with Crippen LogP contribution in [0.5, 0.6) is 5.75 Å². The first-order chi connectivity index (χ1) is 8.56. The van der Waals surface area contributed by atoms with E-state index in [0.29, 0.717) is 16.2 Å². The van der Waals surface area contributed by atoms with E-state index in [1.54, 1.807) is 12.4 Å². The first-order valence-electron chi connectivity index (χ1n) is 5.68. The third-order valence-electron chi connectivity index (χ3n) is 2.37. The van der Waals surface area contributed by atoms with Crippen molar-refractivity contribution in [3.05, 3.63) is 46.6 Å². The zero-order valence-electron chi connectivity index (χ0n) is 10.3. The molecule has 0 aliphatic rings. The molecule has 2 rings (SSSR count). The molecule has 0 aromatic carbocycles. The molecule has 2 N–H and O–H groups in total. The predicted molar refractivity (Wildman–Crippen MR) is 72.4 cm³/mol. The maximum Gasteiger partial charge on any atom is 0.169 e. The van der Waals surface area contributed by atoms with Gasteiger partial charge in [0.1, 0.15) is 11.5 Å². The molecule has 1 atom stereocenters. The number of aromatic nitrogens is 1. The van der Waals surface area contributed by atoms with E-state index >= 15 is 0 Å². The van der Waals surface area contributed by atoms with E-state index in [-0.39, 0.29) is 12.1 Å². The predicted octanol–water partition coefficient (Wildman–Crippen LogP) is 3.27. The standard InChI is InChI=1S/C13H15BrN2O2/c1-8(2)17-10-5-9(6-16-7-10)13(15)11-3-4-12(14)18-11/h3-8,13H,15H2,1-2H3. The Morgan fingerprint density at radius 2 is 2.11 bits per heavy atom. The molecular weight excluding hydrogens is 296 g/mol. The van der Waals surface area contributed by atoms with Crippen molar-refractivity contribution in [2.24, 2.45) is 5.73 Å². The van der Waals surface area contributed by atoms with E-state index < -0.39 is 0 Å². The summed E-state index contributed by atoms with van der Waals surface area (Å²) in [5, 5.41) is 0. The maximum atomic E-state index is 6.12. The fourth-order valence-corrected chi connectivity index (χ4v) is 1.92. The summed E-state index contributed by atoms with van der Waals surface area (Å²) in [7, 11) is 0. The lowest BCUT2D eigenvalue weighted by molar-refractivity contribution is 0.241. The first-order valence-corrected chi connectivity index (χ1v) is 6.48. The van der Waals surface area contributed by atoms with Crippen LogP contribution in [0, 0.1) is 0 Å². The van der Waals surface area contributed by atoms with Crippen LogP contribution in [0.25, 0.3) is 0 Å². The molecule has 0 spiro atoms. The monoisotopic (exact) mass is 310 g/mol. The number of furan rings is 1. The topological polar surface area (TPSA) is 61.3 Å². The van der Waals surface area contributed by atoms with Crippen LogP contribution in [-0.4, -0.2) is 11.1 Å². The number of rotatable bonds is 4. The molecule has 5 heteroatoms. The number of hydrogen-bond donors (Lipinski definition) is 1. The summed E-state index contributed by atoms with van der Waals surface area (Å²) in [5.74, 6) is 1.40. The molecule has 0 aliphatic heterocycles. The Labute approximate surface area is 114 Å². The van der Waals surface area contributed by atoms with E-state index in [4.69, 9.17) is 14.9 Å².